The molecule has 0 saturated carbocycles. The molecule has 19 heavy (non-hydrogen) atoms. The Morgan fingerprint density at radius 1 is 1.37 bits per heavy atom. The molecule has 102 valence electrons. The molecule has 1 aliphatic heterocycles. The Hall–Kier alpha value is -0.890. The summed E-state index contributed by atoms with van der Waals surface area (Å²) in [4.78, 5) is 0.933. The lowest BCUT2D eigenvalue weighted by molar-refractivity contribution is 0.414. The third kappa shape index (κ3) is 2.84. The first-order valence-corrected chi connectivity index (χ1v) is 7.94. The number of thiocarbonyl (C=S) groups is 2. The summed E-state index contributed by atoms with van der Waals surface area (Å²) in [5, 5.41) is 1.46. The van der Waals surface area contributed by atoms with E-state index in [0.29, 0.717) is 17.0 Å². The lowest BCUT2D eigenvalue weighted by atomic mass is 10.3. The first-order chi connectivity index (χ1) is 8.98. The molecule has 0 amide bonds. The highest BCUT2D eigenvalue weighted by Crippen LogP contribution is 2.25. The Kier molecular flexibility index (Phi) is 4.29. The van der Waals surface area contributed by atoms with E-state index in [0.717, 1.165) is 0 Å². The van der Waals surface area contributed by atoms with Crippen LogP contribution in [0, 0.1) is 0 Å². The number of sulfonamides is 1. The first-order valence-electron chi connectivity index (χ1n) is 5.62. The van der Waals surface area contributed by atoms with Crippen molar-refractivity contribution >= 4 is 44.7 Å². The molecule has 1 aromatic carbocycles. The van der Waals surface area contributed by atoms with Gasteiger partial charge in [-0.15, -0.1) is 0 Å². The van der Waals surface area contributed by atoms with Crippen LogP contribution in [-0.4, -0.2) is 42.7 Å². The molecule has 7 heteroatoms. The van der Waals surface area contributed by atoms with Crippen molar-refractivity contribution in [3.05, 3.63) is 24.3 Å². The molecule has 0 aromatic heterocycles. The Bertz CT molecular complexity index is 595. The quantitative estimate of drug-likeness (QED) is 0.793. The summed E-state index contributed by atoms with van der Waals surface area (Å²) in [5.74, 6) is 0.613. The van der Waals surface area contributed by atoms with Crippen LogP contribution in [0.2, 0.25) is 0 Å². The van der Waals surface area contributed by atoms with Crippen molar-refractivity contribution in [1.82, 2.24) is 4.31 Å². The van der Waals surface area contributed by atoms with Crippen LogP contribution in [0.15, 0.2) is 29.2 Å². The molecular weight excluding hydrogens is 302 g/mol. The highest BCUT2D eigenvalue weighted by molar-refractivity contribution is 7.89. The van der Waals surface area contributed by atoms with Crippen LogP contribution in [0.3, 0.4) is 0 Å². The highest BCUT2D eigenvalue weighted by atomic mass is 32.2. The molecule has 1 atom stereocenters. The van der Waals surface area contributed by atoms with Crippen molar-refractivity contribution in [3.63, 3.8) is 0 Å². The molecule has 1 heterocycles. The minimum atomic E-state index is -3.57. The van der Waals surface area contributed by atoms with Crippen molar-refractivity contribution in [2.75, 3.05) is 13.7 Å². The van der Waals surface area contributed by atoms with Crippen LogP contribution < -0.4 is 4.74 Å². The molecule has 1 aromatic rings. The average molecular weight is 315 g/mol. The minimum Gasteiger partial charge on any atom is -0.497 e. The SMILES string of the molecule is COc1ccc(S(=O)(=O)N2CC(=S)C[C@@H]2C=S)cc1. The number of rotatable bonds is 4. The molecule has 0 spiro atoms. The topological polar surface area (TPSA) is 46.6 Å². The second-order valence-electron chi connectivity index (χ2n) is 4.17. The zero-order valence-electron chi connectivity index (χ0n) is 10.3. The molecule has 0 bridgehead atoms. The van der Waals surface area contributed by atoms with Gasteiger partial charge in [-0.3, -0.25) is 0 Å². The van der Waals surface area contributed by atoms with Gasteiger partial charge in [0.15, 0.2) is 0 Å². The maximum Gasteiger partial charge on any atom is 0.243 e. The molecule has 0 unspecified atom stereocenters. The predicted octanol–water partition coefficient (Wildman–Crippen LogP) is 1.83. The minimum absolute atomic E-state index is 0.222. The zero-order chi connectivity index (χ0) is 14.0. The van der Waals surface area contributed by atoms with Crippen LogP contribution in [0.25, 0.3) is 0 Å². The van der Waals surface area contributed by atoms with Gasteiger partial charge in [-0.2, -0.15) is 4.31 Å². The van der Waals surface area contributed by atoms with E-state index in [1.54, 1.807) is 12.1 Å². The second-order valence-corrected chi connectivity index (χ2v) is 6.91. The van der Waals surface area contributed by atoms with Crippen LogP contribution in [-0.2, 0) is 10.0 Å². The van der Waals surface area contributed by atoms with Crippen molar-refractivity contribution in [2.45, 2.75) is 17.4 Å². The normalized spacial score (nSPS) is 20.5. The molecular formula is C12H13NO3S3. The van der Waals surface area contributed by atoms with E-state index < -0.39 is 10.0 Å². The maximum absolute atomic E-state index is 12.5. The summed E-state index contributed by atoms with van der Waals surface area (Å²) in [6.07, 6.45) is 0.522. The van der Waals surface area contributed by atoms with Gasteiger partial charge in [0.2, 0.25) is 10.0 Å². The fourth-order valence-corrected chi connectivity index (χ4v) is 4.23. The van der Waals surface area contributed by atoms with E-state index in [-0.39, 0.29) is 17.5 Å². The average Bonchev–Trinajstić information content (AvgIpc) is 2.81. The third-order valence-electron chi connectivity index (χ3n) is 2.96. The number of hydrogen-bond donors (Lipinski definition) is 0. The Morgan fingerprint density at radius 3 is 2.53 bits per heavy atom. The molecule has 2 rings (SSSR count). The van der Waals surface area contributed by atoms with Gasteiger partial charge in [0.1, 0.15) is 5.75 Å². The molecule has 0 aliphatic carbocycles. The van der Waals surface area contributed by atoms with Crippen molar-refractivity contribution in [1.29, 1.82) is 0 Å². The van der Waals surface area contributed by atoms with E-state index in [1.807, 2.05) is 0 Å². The van der Waals surface area contributed by atoms with E-state index in [4.69, 9.17) is 29.2 Å². The van der Waals surface area contributed by atoms with Crippen molar-refractivity contribution in [2.24, 2.45) is 0 Å². The molecule has 1 fully saturated rings. The summed E-state index contributed by atoms with van der Waals surface area (Å²) < 4.78 is 31.4. The summed E-state index contributed by atoms with van der Waals surface area (Å²) in [7, 11) is -2.03. The summed E-state index contributed by atoms with van der Waals surface area (Å²) in [6, 6.07) is 5.96. The maximum atomic E-state index is 12.5. The van der Waals surface area contributed by atoms with E-state index in [9.17, 15) is 8.42 Å². The summed E-state index contributed by atoms with van der Waals surface area (Å²) in [6.45, 7) is 0.251. The fourth-order valence-electron chi connectivity index (χ4n) is 1.95. The van der Waals surface area contributed by atoms with Gasteiger partial charge < -0.3 is 4.74 Å². The van der Waals surface area contributed by atoms with Gasteiger partial charge >= 0.3 is 0 Å². The Labute approximate surface area is 123 Å². The lowest BCUT2D eigenvalue weighted by Gasteiger charge is -2.20. The van der Waals surface area contributed by atoms with E-state index >= 15 is 0 Å². The van der Waals surface area contributed by atoms with E-state index in [2.05, 4.69) is 0 Å². The lowest BCUT2D eigenvalue weighted by Crippen LogP contribution is -2.36. The van der Waals surface area contributed by atoms with Gasteiger partial charge in [0, 0.05) is 17.8 Å². The van der Waals surface area contributed by atoms with Crippen molar-refractivity contribution < 1.29 is 13.2 Å². The van der Waals surface area contributed by atoms with Gasteiger partial charge in [-0.05, 0) is 29.6 Å². The molecule has 1 aliphatic rings. The van der Waals surface area contributed by atoms with Crippen LogP contribution >= 0.6 is 24.4 Å². The number of methoxy groups -OCH3 is 1. The number of ether oxygens (including phenoxy) is 1. The monoisotopic (exact) mass is 315 g/mol. The molecule has 1 saturated heterocycles. The largest absolute Gasteiger partial charge is 0.497 e. The smallest absolute Gasteiger partial charge is 0.243 e. The molecule has 0 N–H and O–H groups in total. The summed E-state index contributed by atoms with van der Waals surface area (Å²) >= 11 is 9.99. The predicted molar refractivity (Wildman–Crippen MR) is 81.5 cm³/mol. The first kappa shape index (κ1) is 14.5. The zero-order valence-corrected chi connectivity index (χ0v) is 12.7. The number of nitrogens with zero attached hydrogens (tertiary/aromatic N) is 1. The Balaban J connectivity index is 2.35. The molecule has 4 nitrogen and oxygen atoms in total. The third-order valence-corrected chi connectivity index (χ3v) is 5.46. The van der Waals surface area contributed by atoms with Crippen LogP contribution in [0.4, 0.5) is 0 Å². The van der Waals surface area contributed by atoms with Gasteiger partial charge in [-0.1, -0.05) is 24.4 Å². The summed E-state index contributed by atoms with van der Waals surface area (Å²) in [5.41, 5.74) is 0. The van der Waals surface area contributed by atoms with Crippen LogP contribution in [0.1, 0.15) is 6.42 Å². The van der Waals surface area contributed by atoms with Crippen LogP contribution in [0.5, 0.6) is 5.75 Å². The van der Waals surface area contributed by atoms with Crippen molar-refractivity contribution in [3.8, 4) is 5.75 Å². The Morgan fingerprint density at radius 2 is 2.00 bits per heavy atom. The van der Waals surface area contributed by atoms with Gasteiger partial charge in [0.05, 0.1) is 18.0 Å². The van der Waals surface area contributed by atoms with Gasteiger partial charge in [0.25, 0.3) is 0 Å². The van der Waals surface area contributed by atoms with Gasteiger partial charge in [-0.25, -0.2) is 8.42 Å². The highest BCUT2D eigenvalue weighted by Gasteiger charge is 2.36. The standard InChI is InChI=1S/C12H13NO3S3/c1-16-10-2-4-12(5-3-10)19(14,15)13-7-11(18)6-9(13)8-17/h2-5,8-9H,6-7H2,1H3/t9-/m1/s1. The fraction of sp³-hybridized carbons (Fsp3) is 0.333. The number of benzene rings is 1. The molecule has 0 radical (unpaired) electrons. The van der Waals surface area contributed by atoms with E-state index in [1.165, 1.54) is 28.9 Å². The second kappa shape index (κ2) is 5.62. The number of hydrogen-bond acceptors (Lipinski definition) is 5.